The smallest absolute Gasteiger partial charge is 0.277 e. The van der Waals surface area contributed by atoms with Gasteiger partial charge in [-0.3, -0.25) is 4.79 Å². The molecular formula is C24H20FN3O2S. The van der Waals surface area contributed by atoms with Crippen molar-refractivity contribution in [1.29, 1.82) is 0 Å². The molecule has 0 aliphatic carbocycles. The van der Waals surface area contributed by atoms with Gasteiger partial charge in [0.2, 0.25) is 11.8 Å². The van der Waals surface area contributed by atoms with E-state index in [1.165, 1.54) is 12.1 Å². The molecule has 1 aromatic heterocycles. The van der Waals surface area contributed by atoms with Crippen LogP contribution in [0.15, 0.2) is 88.5 Å². The maximum Gasteiger partial charge on any atom is 0.277 e. The normalized spacial score (nSPS) is 11.8. The number of nitrogens with zero attached hydrogens (tertiary/aromatic N) is 2. The summed E-state index contributed by atoms with van der Waals surface area (Å²) in [5.41, 5.74) is 3.93. The van der Waals surface area contributed by atoms with E-state index in [1.54, 1.807) is 12.1 Å². The predicted molar refractivity (Wildman–Crippen MR) is 119 cm³/mol. The Kier molecular flexibility index (Phi) is 6.43. The molecule has 156 valence electrons. The summed E-state index contributed by atoms with van der Waals surface area (Å²) in [7, 11) is 0. The molecule has 0 aliphatic heterocycles. The van der Waals surface area contributed by atoms with E-state index in [1.807, 2.05) is 37.3 Å². The van der Waals surface area contributed by atoms with Crippen LogP contribution in [0.1, 0.15) is 18.5 Å². The van der Waals surface area contributed by atoms with E-state index >= 15 is 0 Å². The second-order valence-corrected chi connectivity index (χ2v) is 7.87. The lowest BCUT2D eigenvalue weighted by molar-refractivity contribution is -0.119. The SMILES string of the molecule is CC(NC(=O)CSc1nnc(-c2ccc(F)cc2)o1)c1ccc(-c2ccccc2)cc1. The largest absolute Gasteiger partial charge is 0.411 e. The number of hydrogen-bond donors (Lipinski definition) is 1. The minimum atomic E-state index is -0.335. The Morgan fingerprint density at radius 2 is 1.58 bits per heavy atom. The zero-order chi connectivity index (χ0) is 21.6. The molecule has 7 heteroatoms. The van der Waals surface area contributed by atoms with Gasteiger partial charge in [-0.15, -0.1) is 10.2 Å². The molecule has 1 unspecified atom stereocenters. The summed E-state index contributed by atoms with van der Waals surface area (Å²) >= 11 is 1.16. The highest BCUT2D eigenvalue weighted by atomic mass is 32.2. The molecule has 4 rings (SSSR count). The summed E-state index contributed by atoms with van der Waals surface area (Å²) in [6.45, 7) is 1.94. The van der Waals surface area contributed by atoms with Crippen molar-refractivity contribution < 1.29 is 13.6 Å². The third-order valence-electron chi connectivity index (χ3n) is 4.72. The maximum atomic E-state index is 13.0. The summed E-state index contributed by atoms with van der Waals surface area (Å²) in [6.07, 6.45) is 0. The first kappa shape index (κ1) is 20.8. The minimum Gasteiger partial charge on any atom is -0.411 e. The molecule has 1 N–H and O–H groups in total. The average Bonchev–Trinajstić information content (AvgIpc) is 3.28. The van der Waals surface area contributed by atoms with Crippen molar-refractivity contribution in [2.75, 3.05) is 5.75 Å². The third-order valence-corrected chi connectivity index (χ3v) is 5.54. The molecule has 0 spiro atoms. The van der Waals surface area contributed by atoms with Crippen molar-refractivity contribution in [1.82, 2.24) is 15.5 Å². The lowest BCUT2D eigenvalue weighted by Gasteiger charge is -2.14. The third kappa shape index (κ3) is 5.38. The average molecular weight is 434 g/mol. The quantitative estimate of drug-likeness (QED) is 0.389. The van der Waals surface area contributed by atoms with Gasteiger partial charge >= 0.3 is 0 Å². The van der Waals surface area contributed by atoms with Crippen molar-refractivity contribution >= 4 is 17.7 Å². The van der Waals surface area contributed by atoms with Gasteiger partial charge in [-0.2, -0.15) is 0 Å². The van der Waals surface area contributed by atoms with Gasteiger partial charge in [-0.05, 0) is 47.9 Å². The zero-order valence-electron chi connectivity index (χ0n) is 16.8. The van der Waals surface area contributed by atoms with E-state index in [-0.39, 0.29) is 34.6 Å². The standard InChI is InChI=1S/C24H20FN3O2S/c1-16(17-7-9-19(10-8-17)18-5-3-2-4-6-18)26-22(29)15-31-24-28-27-23(30-24)20-11-13-21(25)14-12-20/h2-14,16H,15H2,1H3,(H,26,29). The van der Waals surface area contributed by atoms with Gasteiger partial charge in [0.1, 0.15) is 5.82 Å². The second kappa shape index (κ2) is 9.57. The van der Waals surface area contributed by atoms with Crippen LogP contribution in [0.4, 0.5) is 4.39 Å². The molecule has 0 saturated heterocycles. The Morgan fingerprint density at radius 1 is 0.935 bits per heavy atom. The van der Waals surface area contributed by atoms with E-state index in [9.17, 15) is 9.18 Å². The van der Waals surface area contributed by atoms with Crippen molar-refractivity contribution in [3.63, 3.8) is 0 Å². The maximum absolute atomic E-state index is 13.0. The molecule has 4 aromatic rings. The number of rotatable bonds is 7. The molecule has 5 nitrogen and oxygen atoms in total. The number of benzene rings is 3. The number of thioether (sulfide) groups is 1. The van der Waals surface area contributed by atoms with Gasteiger partial charge in [0, 0.05) is 5.56 Å². The van der Waals surface area contributed by atoms with Gasteiger partial charge in [-0.1, -0.05) is 66.4 Å². The van der Waals surface area contributed by atoms with Crippen LogP contribution in [0.2, 0.25) is 0 Å². The van der Waals surface area contributed by atoms with Crippen molar-refractivity contribution in [2.24, 2.45) is 0 Å². The highest BCUT2D eigenvalue weighted by molar-refractivity contribution is 7.99. The molecule has 3 aromatic carbocycles. The van der Waals surface area contributed by atoms with Crippen molar-refractivity contribution in [2.45, 2.75) is 18.2 Å². The van der Waals surface area contributed by atoms with Gasteiger partial charge in [-0.25, -0.2) is 4.39 Å². The summed E-state index contributed by atoms with van der Waals surface area (Å²) in [5.74, 6) is -0.0309. The highest BCUT2D eigenvalue weighted by Gasteiger charge is 2.14. The number of halogens is 1. The van der Waals surface area contributed by atoms with Gasteiger partial charge in [0.05, 0.1) is 11.8 Å². The van der Waals surface area contributed by atoms with Gasteiger partial charge < -0.3 is 9.73 Å². The van der Waals surface area contributed by atoms with Gasteiger partial charge in [0.25, 0.3) is 5.22 Å². The molecule has 0 aliphatic rings. The first-order valence-electron chi connectivity index (χ1n) is 9.75. The number of carbonyl (C=O) groups is 1. The zero-order valence-corrected chi connectivity index (χ0v) is 17.6. The number of amides is 1. The Bertz CT molecular complexity index is 1150. The van der Waals surface area contributed by atoms with Crippen LogP contribution < -0.4 is 5.32 Å². The van der Waals surface area contributed by atoms with Crippen LogP contribution in [0.5, 0.6) is 0 Å². The Hall–Kier alpha value is -3.45. The van der Waals surface area contributed by atoms with E-state index in [2.05, 4.69) is 39.8 Å². The summed E-state index contributed by atoms with van der Waals surface area (Å²) in [5, 5.41) is 11.1. The molecular weight excluding hydrogens is 413 g/mol. The fraction of sp³-hybridized carbons (Fsp3) is 0.125. The first-order chi connectivity index (χ1) is 15.1. The van der Waals surface area contributed by atoms with Crippen LogP contribution in [-0.2, 0) is 4.79 Å². The summed E-state index contributed by atoms with van der Waals surface area (Å²) in [4.78, 5) is 12.3. The topological polar surface area (TPSA) is 68.0 Å². The molecule has 0 fully saturated rings. The molecule has 1 heterocycles. The molecule has 0 saturated carbocycles. The summed E-state index contributed by atoms with van der Waals surface area (Å²) < 4.78 is 18.6. The lowest BCUT2D eigenvalue weighted by atomic mass is 10.0. The number of nitrogens with one attached hydrogen (secondary N) is 1. The van der Waals surface area contributed by atoms with Crippen LogP contribution in [0, 0.1) is 5.82 Å². The van der Waals surface area contributed by atoms with Crippen LogP contribution >= 0.6 is 11.8 Å². The highest BCUT2D eigenvalue weighted by Crippen LogP contribution is 2.24. The molecule has 1 amide bonds. The fourth-order valence-electron chi connectivity index (χ4n) is 3.07. The van der Waals surface area contributed by atoms with Crippen molar-refractivity contribution in [3.05, 3.63) is 90.2 Å². The number of carbonyl (C=O) groups excluding carboxylic acids is 1. The number of hydrogen-bond acceptors (Lipinski definition) is 5. The molecule has 0 bridgehead atoms. The Labute approximate surface area is 183 Å². The van der Waals surface area contributed by atoms with E-state index in [0.717, 1.165) is 28.5 Å². The second-order valence-electron chi connectivity index (χ2n) is 6.95. The molecule has 31 heavy (non-hydrogen) atoms. The monoisotopic (exact) mass is 433 g/mol. The minimum absolute atomic E-state index is 0.129. The van der Waals surface area contributed by atoms with E-state index in [4.69, 9.17) is 4.42 Å². The lowest BCUT2D eigenvalue weighted by Crippen LogP contribution is -2.28. The summed E-state index contributed by atoms with van der Waals surface area (Å²) in [6, 6.07) is 23.9. The first-order valence-corrected chi connectivity index (χ1v) is 10.7. The van der Waals surface area contributed by atoms with E-state index < -0.39 is 0 Å². The van der Waals surface area contributed by atoms with Crippen molar-refractivity contribution in [3.8, 4) is 22.6 Å². The number of aromatic nitrogens is 2. The fourth-order valence-corrected chi connectivity index (χ4v) is 3.64. The molecule has 1 atom stereocenters. The van der Waals surface area contributed by atoms with Crippen LogP contribution in [-0.4, -0.2) is 21.9 Å². The Balaban J connectivity index is 1.30. The molecule has 0 radical (unpaired) electrons. The van der Waals surface area contributed by atoms with E-state index in [0.29, 0.717) is 5.56 Å². The Morgan fingerprint density at radius 3 is 2.29 bits per heavy atom. The van der Waals surface area contributed by atoms with Crippen LogP contribution in [0.25, 0.3) is 22.6 Å². The predicted octanol–water partition coefficient (Wildman–Crippen LogP) is 5.51. The van der Waals surface area contributed by atoms with Crippen LogP contribution in [0.3, 0.4) is 0 Å². The van der Waals surface area contributed by atoms with Gasteiger partial charge in [0.15, 0.2) is 0 Å².